The van der Waals surface area contributed by atoms with Crippen LogP contribution >= 0.6 is 11.9 Å². The fourth-order valence-corrected chi connectivity index (χ4v) is 2.10. The summed E-state index contributed by atoms with van der Waals surface area (Å²) in [7, 11) is 0. The molecule has 0 aromatic heterocycles. The van der Waals surface area contributed by atoms with Crippen LogP contribution < -0.4 is 4.72 Å². The van der Waals surface area contributed by atoms with Gasteiger partial charge in [0.25, 0.3) is 0 Å². The van der Waals surface area contributed by atoms with Crippen molar-refractivity contribution >= 4 is 17.0 Å². The summed E-state index contributed by atoms with van der Waals surface area (Å²) in [5, 5.41) is 10.1. The Hall–Kier alpha value is -0.0600. The summed E-state index contributed by atoms with van der Waals surface area (Å²) in [6.07, 6.45) is 1.99. The Labute approximate surface area is 70.4 Å². The molecule has 2 unspecified atom stereocenters. The highest BCUT2D eigenvalue weighted by atomic mass is 32.2. The second kappa shape index (κ2) is 2.77. The average molecular weight is 172 g/mol. The van der Waals surface area contributed by atoms with Crippen LogP contribution in [0.2, 0.25) is 0 Å². The first-order valence-electron chi connectivity index (χ1n) is 3.95. The molecule has 0 amide bonds. The number of hydrogen-bond donors (Lipinski definition) is 2. The fourth-order valence-electron chi connectivity index (χ4n) is 1.29. The summed E-state index contributed by atoms with van der Waals surface area (Å²) in [6.45, 7) is 2.18. The molecule has 2 N–H and O–H groups in total. The van der Waals surface area contributed by atoms with Crippen molar-refractivity contribution in [2.75, 3.05) is 0 Å². The molecule has 1 aliphatic carbocycles. The molecule has 0 saturated heterocycles. The van der Waals surface area contributed by atoms with Gasteiger partial charge in [-0.2, -0.15) is 0 Å². The lowest BCUT2D eigenvalue weighted by molar-refractivity contribution is 0.181. The first kappa shape index (κ1) is 7.58. The highest BCUT2D eigenvalue weighted by Crippen LogP contribution is 2.39. The van der Waals surface area contributed by atoms with Gasteiger partial charge in [-0.05, 0) is 30.7 Å². The van der Waals surface area contributed by atoms with Gasteiger partial charge in [0.15, 0.2) is 0 Å². The molecular formula is C7H12N2OS. The third-order valence-electron chi connectivity index (χ3n) is 2.24. The van der Waals surface area contributed by atoms with Crippen molar-refractivity contribution in [1.82, 2.24) is 4.72 Å². The van der Waals surface area contributed by atoms with E-state index in [1.165, 1.54) is 24.8 Å². The van der Waals surface area contributed by atoms with Gasteiger partial charge in [-0.3, -0.25) is 0 Å². The van der Waals surface area contributed by atoms with E-state index in [0.717, 1.165) is 11.0 Å². The minimum Gasteiger partial charge on any atom is -0.359 e. The lowest BCUT2D eigenvalue weighted by Crippen LogP contribution is -2.13. The third kappa shape index (κ3) is 1.58. The molecular weight excluding hydrogens is 160 g/mol. The number of nitrogens with zero attached hydrogens (tertiary/aromatic N) is 1. The molecule has 0 aromatic carbocycles. The van der Waals surface area contributed by atoms with Gasteiger partial charge in [0.05, 0.1) is 5.04 Å². The Kier molecular flexibility index (Phi) is 1.91. The summed E-state index contributed by atoms with van der Waals surface area (Å²) in [4.78, 5) is 4.07. The molecule has 3 nitrogen and oxygen atoms in total. The van der Waals surface area contributed by atoms with E-state index in [9.17, 15) is 0 Å². The number of aliphatic hydroxyl groups excluding tert-OH is 1. The van der Waals surface area contributed by atoms with Crippen LogP contribution in [0.1, 0.15) is 19.8 Å². The Bertz CT molecular complexity index is 191. The van der Waals surface area contributed by atoms with Crippen LogP contribution in [0, 0.1) is 11.8 Å². The van der Waals surface area contributed by atoms with Gasteiger partial charge < -0.3 is 5.11 Å². The largest absolute Gasteiger partial charge is 0.359 e. The molecule has 1 aliphatic heterocycles. The molecule has 11 heavy (non-hydrogen) atoms. The maximum atomic E-state index is 9.03. The number of nitrogens with one attached hydrogen (secondary N) is 1. The molecule has 1 fully saturated rings. The van der Waals surface area contributed by atoms with Crippen molar-refractivity contribution in [3.8, 4) is 0 Å². The number of rotatable bonds is 2. The summed E-state index contributed by atoms with van der Waals surface area (Å²) < 4.78 is 2.80. The van der Waals surface area contributed by atoms with E-state index in [0.29, 0.717) is 5.92 Å². The van der Waals surface area contributed by atoms with Crippen molar-refractivity contribution in [3.63, 3.8) is 0 Å². The Balaban J connectivity index is 1.98. The van der Waals surface area contributed by atoms with Gasteiger partial charge in [0.2, 0.25) is 6.35 Å². The van der Waals surface area contributed by atoms with Crippen LogP contribution in [-0.2, 0) is 0 Å². The SMILES string of the molecule is CC(C1=NC(O)NS1)C1CC1. The molecule has 2 aliphatic rings. The van der Waals surface area contributed by atoms with Crippen molar-refractivity contribution < 1.29 is 5.11 Å². The van der Waals surface area contributed by atoms with Crippen molar-refractivity contribution in [2.45, 2.75) is 26.1 Å². The third-order valence-corrected chi connectivity index (χ3v) is 3.25. The standard InChI is InChI=1S/C7H12N2OS/c1-4(5-2-3-5)6-8-7(10)9-11-6/h4-5,7,9-10H,2-3H2,1H3. The molecule has 0 radical (unpaired) electrons. The van der Waals surface area contributed by atoms with Crippen molar-refractivity contribution in [2.24, 2.45) is 16.8 Å². The smallest absolute Gasteiger partial charge is 0.212 e. The van der Waals surface area contributed by atoms with Crippen LogP contribution in [0.3, 0.4) is 0 Å². The van der Waals surface area contributed by atoms with Gasteiger partial charge >= 0.3 is 0 Å². The highest BCUT2D eigenvalue weighted by Gasteiger charge is 2.33. The van der Waals surface area contributed by atoms with Gasteiger partial charge in [0, 0.05) is 5.92 Å². The lowest BCUT2D eigenvalue weighted by Gasteiger charge is -2.06. The number of hydrogen-bond acceptors (Lipinski definition) is 4. The molecule has 4 heteroatoms. The van der Waals surface area contributed by atoms with E-state index in [-0.39, 0.29) is 0 Å². The molecule has 2 atom stereocenters. The topological polar surface area (TPSA) is 44.6 Å². The fraction of sp³-hybridized carbons (Fsp3) is 0.857. The molecule has 0 spiro atoms. The minimum atomic E-state index is -0.670. The van der Waals surface area contributed by atoms with E-state index in [1.54, 1.807) is 0 Å². The molecule has 2 rings (SSSR count). The monoisotopic (exact) mass is 172 g/mol. The second-order valence-electron chi connectivity index (χ2n) is 3.19. The van der Waals surface area contributed by atoms with Crippen LogP contribution in [-0.4, -0.2) is 16.5 Å². The molecule has 1 saturated carbocycles. The van der Waals surface area contributed by atoms with E-state index in [1.807, 2.05) is 0 Å². The predicted octanol–water partition coefficient (Wildman–Crippen LogP) is 0.958. The van der Waals surface area contributed by atoms with Gasteiger partial charge in [0.1, 0.15) is 0 Å². The zero-order valence-corrected chi connectivity index (χ0v) is 7.27. The summed E-state index contributed by atoms with van der Waals surface area (Å²) in [5.74, 6) is 1.37. The first-order chi connectivity index (χ1) is 5.27. The van der Waals surface area contributed by atoms with Crippen LogP contribution in [0.4, 0.5) is 0 Å². The van der Waals surface area contributed by atoms with Crippen LogP contribution in [0.5, 0.6) is 0 Å². The minimum absolute atomic E-state index is 0.546. The Morgan fingerprint density at radius 1 is 1.73 bits per heavy atom. The molecule has 1 heterocycles. The normalized spacial score (nSPS) is 33.6. The number of aliphatic hydroxyl groups is 1. The van der Waals surface area contributed by atoms with Gasteiger partial charge in [-0.25, -0.2) is 9.71 Å². The van der Waals surface area contributed by atoms with Gasteiger partial charge in [-0.15, -0.1) is 0 Å². The van der Waals surface area contributed by atoms with E-state index in [4.69, 9.17) is 5.11 Å². The second-order valence-corrected chi connectivity index (χ2v) is 4.05. The predicted molar refractivity (Wildman–Crippen MR) is 46.1 cm³/mol. The highest BCUT2D eigenvalue weighted by molar-refractivity contribution is 8.12. The van der Waals surface area contributed by atoms with Crippen LogP contribution in [0.25, 0.3) is 0 Å². The molecule has 0 bridgehead atoms. The Morgan fingerprint density at radius 3 is 2.91 bits per heavy atom. The molecule has 62 valence electrons. The van der Waals surface area contributed by atoms with Crippen molar-refractivity contribution in [3.05, 3.63) is 0 Å². The Morgan fingerprint density at radius 2 is 2.45 bits per heavy atom. The average Bonchev–Trinajstić information content (AvgIpc) is 2.74. The maximum absolute atomic E-state index is 9.03. The summed E-state index contributed by atoms with van der Waals surface area (Å²) in [6, 6.07) is 0. The first-order valence-corrected chi connectivity index (χ1v) is 4.77. The van der Waals surface area contributed by atoms with Crippen LogP contribution in [0.15, 0.2) is 4.99 Å². The van der Waals surface area contributed by atoms with E-state index >= 15 is 0 Å². The lowest BCUT2D eigenvalue weighted by atomic mass is 10.1. The van der Waals surface area contributed by atoms with Gasteiger partial charge in [-0.1, -0.05) is 6.92 Å². The maximum Gasteiger partial charge on any atom is 0.212 e. The van der Waals surface area contributed by atoms with E-state index in [2.05, 4.69) is 16.6 Å². The van der Waals surface area contributed by atoms with E-state index < -0.39 is 6.35 Å². The summed E-state index contributed by atoms with van der Waals surface area (Å²) in [5.41, 5.74) is 0. The van der Waals surface area contributed by atoms with Crippen molar-refractivity contribution in [1.29, 1.82) is 0 Å². The molecule has 0 aromatic rings. The quantitative estimate of drug-likeness (QED) is 0.610. The zero-order chi connectivity index (χ0) is 7.84. The number of aliphatic imine (C=N–C) groups is 1. The zero-order valence-electron chi connectivity index (χ0n) is 6.45. The summed E-state index contributed by atoms with van der Waals surface area (Å²) >= 11 is 1.48.